The lowest BCUT2D eigenvalue weighted by atomic mass is 9.74. The van der Waals surface area contributed by atoms with Crippen molar-refractivity contribution in [3.8, 4) is 5.75 Å². The summed E-state index contributed by atoms with van der Waals surface area (Å²) in [5, 5.41) is 8.22. The van der Waals surface area contributed by atoms with Crippen molar-refractivity contribution in [2.24, 2.45) is 11.1 Å². The Morgan fingerprint density at radius 3 is 3.15 bits per heavy atom. The number of aryl methyl sites for hydroxylation is 1. The molecule has 0 radical (unpaired) electrons. The first kappa shape index (κ1) is 13.4. The van der Waals surface area contributed by atoms with Crippen LogP contribution in [0.4, 0.5) is 0 Å². The molecule has 2 atom stereocenters. The molecule has 0 saturated heterocycles. The van der Waals surface area contributed by atoms with E-state index in [1.54, 1.807) is 0 Å². The van der Waals surface area contributed by atoms with Gasteiger partial charge in [-0.3, -0.25) is 5.10 Å². The third-order valence-corrected chi connectivity index (χ3v) is 4.66. The molecule has 0 aliphatic heterocycles. The molecule has 1 fully saturated rings. The smallest absolute Gasteiger partial charge is 0.123 e. The summed E-state index contributed by atoms with van der Waals surface area (Å²) in [6.45, 7) is 5.11. The molecule has 1 heterocycles. The zero-order chi connectivity index (χ0) is 14.2. The van der Waals surface area contributed by atoms with Gasteiger partial charge in [0.2, 0.25) is 0 Å². The number of H-pyrrole nitrogens is 1. The first-order valence-corrected chi connectivity index (χ1v) is 7.41. The Morgan fingerprint density at radius 2 is 2.35 bits per heavy atom. The molecule has 1 aromatic heterocycles. The number of ether oxygens (including phenoxy) is 1. The fraction of sp³-hybridized carbons (Fsp3) is 0.562. The zero-order valence-electron chi connectivity index (χ0n) is 12.3. The van der Waals surface area contributed by atoms with Crippen molar-refractivity contribution in [2.75, 3.05) is 6.54 Å². The molecule has 1 aliphatic carbocycles. The maximum Gasteiger partial charge on any atom is 0.123 e. The van der Waals surface area contributed by atoms with Crippen LogP contribution in [0.15, 0.2) is 18.3 Å². The summed E-state index contributed by atoms with van der Waals surface area (Å²) in [5.74, 6) is 0.977. The lowest BCUT2D eigenvalue weighted by molar-refractivity contribution is 0.0788. The number of hydrogen-bond acceptors (Lipinski definition) is 3. The summed E-state index contributed by atoms with van der Waals surface area (Å²) < 4.78 is 6.26. The van der Waals surface area contributed by atoms with Crippen LogP contribution in [-0.4, -0.2) is 22.8 Å². The molecule has 0 spiro atoms. The molecule has 1 aliphatic rings. The van der Waals surface area contributed by atoms with E-state index in [0.29, 0.717) is 0 Å². The second-order valence-corrected chi connectivity index (χ2v) is 6.37. The molecule has 3 rings (SSSR count). The first-order chi connectivity index (χ1) is 9.61. The van der Waals surface area contributed by atoms with Gasteiger partial charge >= 0.3 is 0 Å². The Morgan fingerprint density at radius 1 is 1.50 bits per heavy atom. The summed E-state index contributed by atoms with van der Waals surface area (Å²) in [6.07, 6.45) is 6.72. The number of nitrogens with two attached hydrogens (primary N) is 1. The van der Waals surface area contributed by atoms with E-state index in [1.165, 1.54) is 12.8 Å². The van der Waals surface area contributed by atoms with Crippen molar-refractivity contribution >= 4 is 10.9 Å². The van der Waals surface area contributed by atoms with Crippen LogP contribution in [0.25, 0.3) is 10.9 Å². The maximum atomic E-state index is 6.26. The third-order valence-electron chi connectivity index (χ3n) is 4.66. The lowest BCUT2D eigenvalue weighted by Crippen LogP contribution is -2.37. The average molecular weight is 273 g/mol. The highest BCUT2D eigenvalue weighted by atomic mass is 16.5. The molecular formula is C16H23N3O. The van der Waals surface area contributed by atoms with E-state index < -0.39 is 0 Å². The summed E-state index contributed by atoms with van der Waals surface area (Å²) in [6, 6.07) is 4.08. The molecule has 20 heavy (non-hydrogen) atoms. The van der Waals surface area contributed by atoms with Crippen LogP contribution in [0, 0.1) is 12.3 Å². The second kappa shape index (κ2) is 5.09. The number of aromatic amines is 1. The molecule has 4 heteroatoms. The van der Waals surface area contributed by atoms with Crippen molar-refractivity contribution in [1.29, 1.82) is 0 Å². The fourth-order valence-electron chi connectivity index (χ4n) is 3.24. The Bertz CT molecular complexity index is 607. The molecular weight excluding hydrogens is 250 g/mol. The predicted molar refractivity (Wildman–Crippen MR) is 80.9 cm³/mol. The summed E-state index contributed by atoms with van der Waals surface area (Å²) in [4.78, 5) is 0. The van der Waals surface area contributed by atoms with E-state index in [1.807, 2.05) is 18.3 Å². The molecule has 0 bridgehead atoms. The number of benzene rings is 1. The summed E-state index contributed by atoms with van der Waals surface area (Å²) in [5.41, 5.74) is 8.37. The van der Waals surface area contributed by atoms with Crippen molar-refractivity contribution in [3.63, 3.8) is 0 Å². The SMILES string of the molecule is Cc1c(O[C@@H]2CCC[C@](C)(CN)C2)ccc2[nH]ncc12. The van der Waals surface area contributed by atoms with Gasteiger partial charge in [0.15, 0.2) is 0 Å². The van der Waals surface area contributed by atoms with Crippen molar-refractivity contribution in [3.05, 3.63) is 23.9 Å². The highest BCUT2D eigenvalue weighted by Gasteiger charge is 2.32. The molecule has 2 aromatic rings. The summed E-state index contributed by atoms with van der Waals surface area (Å²) >= 11 is 0. The Balaban J connectivity index is 1.80. The minimum Gasteiger partial charge on any atom is -0.490 e. The molecule has 1 saturated carbocycles. The minimum absolute atomic E-state index is 0.233. The zero-order valence-corrected chi connectivity index (χ0v) is 12.3. The number of nitrogens with one attached hydrogen (secondary N) is 1. The molecule has 108 valence electrons. The molecule has 4 nitrogen and oxygen atoms in total. The topological polar surface area (TPSA) is 63.9 Å². The van der Waals surface area contributed by atoms with Gasteiger partial charge in [0.1, 0.15) is 5.75 Å². The number of hydrogen-bond donors (Lipinski definition) is 2. The third kappa shape index (κ3) is 2.40. The molecule has 3 N–H and O–H groups in total. The standard InChI is InChI=1S/C16H23N3O/c1-11-13-9-18-19-14(13)5-6-15(11)20-12-4-3-7-16(2,8-12)10-17/h5-6,9,12H,3-4,7-8,10,17H2,1-2H3,(H,18,19)/t12-,16+/m1/s1. The van der Waals surface area contributed by atoms with Gasteiger partial charge in [0.25, 0.3) is 0 Å². The minimum atomic E-state index is 0.233. The van der Waals surface area contributed by atoms with Crippen LogP contribution in [0.5, 0.6) is 5.75 Å². The van der Waals surface area contributed by atoms with E-state index in [2.05, 4.69) is 24.0 Å². The number of aromatic nitrogens is 2. The van der Waals surface area contributed by atoms with Gasteiger partial charge in [-0.15, -0.1) is 0 Å². The average Bonchev–Trinajstić information content (AvgIpc) is 2.91. The van der Waals surface area contributed by atoms with Gasteiger partial charge in [0.05, 0.1) is 17.8 Å². The lowest BCUT2D eigenvalue weighted by Gasteiger charge is -2.37. The quantitative estimate of drug-likeness (QED) is 0.903. The summed E-state index contributed by atoms with van der Waals surface area (Å²) in [7, 11) is 0. The van der Waals surface area contributed by atoms with Gasteiger partial charge in [-0.25, -0.2) is 0 Å². The van der Waals surface area contributed by atoms with Crippen LogP contribution in [0.3, 0.4) is 0 Å². The van der Waals surface area contributed by atoms with Gasteiger partial charge in [-0.1, -0.05) is 6.92 Å². The first-order valence-electron chi connectivity index (χ1n) is 7.41. The van der Waals surface area contributed by atoms with Gasteiger partial charge < -0.3 is 10.5 Å². The number of rotatable bonds is 3. The van der Waals surface area contributed by atoms with Gasteiger partial charge in [0, 0.05) is 10.9 Å². The van der Waals surface area contributed by atoms with Crippen LogP contribution in [0.1, 0.15) is 38.2 Å². The van der Waals surface area contributed by atoms with Crippen LogP contribution in [0.2, 0.25) is 0 Å². The predicted octanol–water partition coefficient (Wildman–Crippen LogP) is 3.16. The highest BCUT2D eigenvalue weighted by molar-refractivity contribution is 5.83. The number of nitrogens with zero attached hydrogens (tertiary/aromatic N) is 1. The monoisotopic (exact) mass is 273 g/mol. The largest absolute Gasteiger partial charge is 0.490 e. The van der Waals surface area contributed by atoms with Gasteiger partial charge in [-0.2, -0.15) is 5.10 Å². The van der Waals surface area contributed by atoms with Crippen molar-refractivity contribution in [1.82, 2.24) is 10.2 Å². The van der Waals surface area contributed by atoms with E-state index in [4.69, 9.17) is 10.5 Å². The molecule has 0 amide bonds. The molecule has 0 unspecified atom stereocenters. The Hall–Kier alpha value is -1.55. The van der Waals surface area contributed by atoms with Crippen LogP contribution >= 0.6 is 0 Å². The van der Waals surface area contributed by atoms with Crippen molar-refractivity contribution < 1.29 is 4.74 Å². The maximum absolute atomic E-state index is 6.26. The second-order valence-electron chi connectivity index (χ2n) is 6.37. The fourth-order valence-corrected chi connectivity index (χ4v) is 3.24. The van der Waals surface area contributed by atoms with Gasteiger partial charge in [-0.05, 0) is 56.7 Å². The van der Waals surface area contributed by atoms with E-state index in [-0.39, 0.29) is 11.5 Å². The Labute approximate surface area is 119 Å². The van der Waals surface area contributed by atoms with Crippen LogP contribution in [-0.2, 0) is 0 Å². The van der Waals surface area contributed by atoms with E-state index in [9.17, 15) is 0 Å². The van der Waals surface area contributed by atoms with E-state index >= 15 is 0 Å². The highest BCUT2D eigenvalue weighted by Crippen LogP contribution is 2.37. The van der Waals surface area contributed by atoms with Crippen molar-refractivity contribution in [2.45, 2.75) is 45.6 Å². The number of fused-ring (bicyclic) bond motifs is 1. The van der Waals surface area contributed by atoms with Crippen LogP contribution < -0.4 is 10.5 Å². The Kier molecular flexibility index (Phi) is 3.42. The normalized spacial score (nSPS) is 26.9. The molecule has 1 aromatic carbocycles. The van der Waals surface area contributed by atoms with E-state index in [0.717, 1.165) is 41.6 Å².